The Balaban J connectivity index is 1.31. The van der Waals surface area contributed by atoms with Gasteiger partial charge in [0, 0.05) is 22.5 Å². The molecule has 1 aromatic heterocycles. The number of nitrogens with one attached hydrogen (secondary N) is 1. The highest BCUT2D eigenvalue weighted by molar-refractivity contribution is 7.92. The molecule has 35 heavy (non-hydrogen) atoms. The van der Waals surface area contributed by atoms with E-state index in [9.17, 15) is 13.2 Å². The highest BCUT2D eigenvalue weighted by atomic mass is 32.2. The van der Waals surface area contributed by atoms with E-state index in [1.54, 1.807) is 54.6 Å². The molecule has 7 nitrogen and oxygen atoms in total. The van der Waals surface area contributed by atoms with Crippen LogP contribution >= 0.6 is 0 Å². The van der Waals surface area contributed by atoms with Gasteiger partial charge in [-0.25, -0.2) is 8.42 Å². The number of sulfonamides is 1. The van der Waals surface area contributed by atoms with Gasteiger partial charge in [-0.2, -0.15) is 0 Å². The topological polar surface area (TPSA) is 88.9 Å². The third-order valence-electron chi connectivity index (χ3n) is 6.00. The molecular weight excluding hydrogens is 464 g/mol. The Morgan fingerprint density at radius 1 is 0.829 bits per heavy atom. The monoisotopic (exact) mass is 484 g/mol. The molecule has 1 N–H and O–H groups in total. The molecule has 1 amide bonds. The molecule has 1 aliphatic heterocycles. The van der Waals surface area contributed by atoms with Crippen molar-refractivity contribution in [2.75, 3.05) is 16.2 Å². The predicted octanol–water partition coefficient (Wildman–Crippen LogP) is 5.18. The number of carbonyl (C=O) groups is 1. The molecule has 0 saturated heterocycles. The lowest BCUT2D eigenvalue weighted by Crippen LogP contribution is -2.48. The fraction of sp³-hybridized carbons (Fsp3) is 0.0741. The Labute approximate surface area is 201 Å². The summed E-state index contributed by atoms with van der Waals surface area (Å²) in [6.45, 7) is -0.160. The Morgan fingerprint density at radius 2 is 1.54 bits per heavy atom. The molecule has 2 heterocycles. The molecule has 4 aromatic carbocycles. The first kappa shape index (κ1) is 21.2. The first-order chi connectivity index (χ1) is 17.0. The molecule has 0 aliphatic carbocycles. The highest BCUT2D eigenvalue weighted by Crippen LogP contribution is 2.37. The number of nitrogens with zero attached hydrogens (tertiary/aromatic N) is 1. The SMILES string of the molecule is O=C(Nc1ccc2c(c1)oc1ccccc12)[C@@H]1CN(S(=O)(=O)c2ccccc2)c2ccccc2O1. The lowest BCUT2D eigenvalue weighted by atomic mass is 10.1. The Hall–Kier alpha value is -4.30. The summed E-state index contributed by atoms with van der Waals surface area (Å²) in [4.78, 5) is 13.4. The molecular formula is C27H20N2O5S. The van der Waals surface area contributed by atoms with E-state index < -0.39 is 22.0 Å². The predicted molar refractivity (Wildman–Crippen MR) is 134 cm³/mol. The number of furan rings is 1. The minimum Gasteiger partial charge on any atom is -0.476 e. The molecule has 0 bridgehead atoms. The molecule has 0 radical (unpaired) electrons. The lowest BCUT2D eigenvalue weighted by molar-refractivity contribution is -0.122. The van der Waals surface area contributed by atoms with E-state index in [0.717, 1.165) is 16.4 Å². The van der Waals surface area contributed by atoms with Gasteiger partial charge >= 0.3 is 0 Å². The van der Waals surface area contributed by atoms with Crippen LogP contribution in [0, 0.1) is 0 Å². The quantitative estimate of drug-likeness (QED) is 0.380. The van der Waals surface area contributed by atoms with Gasteiger partial charge in [0.15, 0.2) is 6.10 Å². The maximum Gasteiger partial charge on any atom is 0.267 e. The number of para-hydroxylation sites is 3. The summed E-state index contributed by atoms with van der Waals surface area (Å²) in [5, 5.41) is 4.79. The van der Waals surface area contributed by atoms with Gasteiger partial charge in [0.25, 0.3) is 15.9 Å². The van der Waals surface area contributed by atoms with Crippen LogP contribution < -0.4 is 14.4 Å². The van der Waals surface area contributed by atoms with Crippen molar-refractivity contribution in [3.05, 3.63) is 97.1 Å². The fourth-order valence-electron chi connectivity index (χ4n) is 4.31. The van der Waals surface area contributed by atoms with Crippen LogP contribution in [0.1, 0.15) is 0 Å². The van der Waals surface area contributed by atoms with E-state index in [2.05, 4.69) is 5.32 Å². The van der Waals surface area contributed by atoms with E-state index >= 15 is 0 Å². The van der Waals surface area contributed by atoms with E-state index in [1.165, 1.54) is 16.4 Å². The average Bonchev–Trinajstić information content (AvgIpc) is 3.26. The maximum atomic E-state index is 13.4. The number of carbonyl (C=O) groups excluding carboxylic acids is 1. The number of anilines is 2. The number of amides is 1. The largest absolute Gasteiger partial charge is 0.476 e. The molecule has 8 heteroatoms. The van der Waals surface area contributed by atoms with Crippen molar-refractivity contribution in [3.63, 3.8) is 0 Å². The molecule has 6 rings (SSSR count). The summed E-state index contributed by atoms with van der Waals surface area (Å²) >= 11 is 0. The van der Waals surface area contributed by atoms with Crippen LogP contribution in [0.2, 0.25) is 0 Å². The number of rotatable bonds is 4. The Morgan fingerprint density at radius 3 is 2.40 bits per heavy atom. The van der Waals surface area contributed by atoms with Crippen LogP contribution in [0.5, 0.6) is 5.75 Å². The van der Waals surface area contributed by atoms with E-state index in [4.69, 9.17) is 9.15 Å². The molecule has 0 fully saturated rings. The molecule has 174 valence electrons. The second-order valence-electron chi connectivity index (χ2n) is 8.22. The third-order valence-corrected chi connectivity index (χ3v) is 7.80. The maximum absolute atomic E-state index is 13.4. The molecule has 0 spiro atoms. The van der Waals surface area contributed by atoms with Crippen molar-refractivity contribution in [1.82, 2.24) is 0 Å². The van der Waals surface area contributed by atoms with Gasteiger partial charge in [0.2, 0.25) is 0 Å². The van der Waals surface area contributed by atoms with Crippen molar-refractivity contribution < 1.29 is 22.4 Å². The van der Waals surface area contributed by atoms with Gasteiger partial charge in [0.05, 0.1) is 17.1 Å². The Kier molecular flexibility index (Phi) is 4.96. The van der Waals surface area contributed by atoms with Crippen molar-refractivity contribution in [1.29, 1.82) is 0 Å². The summed E-state index contributed by atoms with van der Waals surface area (Å²) in [5.41, 5.74) is 2.33. The first-order valence-corrected chi connectivity index (χ1v) is 12.5. The number of hydrogen-bond donors (Lipinski definition) is 1. The van der Waals surface area contributed by atoms with Crippen LogP contribution in [-0.2, 0) is 14.8 Å². The van der Waals surface area contributed by atoms with Gasteiger partial charge in [0.1, 0.15) is 16.9 Å². The average molecular weight is 485 g/mol. The van der Waals surface area contributed by atoms with E-state index in [1.807, 2.05) is 30.3 Å². The number of hydrogen-bond acceptors (Lipinski definition) is 5. The summed E-state index contributed by atoms with van der Waals surface area (Å²) in [5.74, 6) is -0.130. The Bertz CT molecular complexity index is 1680. The summed E-state index contributed by atoms with van der Waals surface area (Å²) in [6, 6.07) is 28.1. The lowest BCUT2D eigenvalue weighted by Gasteiger charge is -2.34. The van der Waals surface area contributed by atoms with Crippen LogP contribution in [-0.4, -0.2) is 27.0 Å². The van der Waals surface area contributed by atoms with Crippen LogP contribution in [0.15, 0.2) is 106 Å². The fourth-order valence-corrected chi connectivity index (χ4v) is 5.81. The smallest absolute Gasteiger partial charge is 0.267 e. The molecule has 5 aromatic rings. The zero-order chi connectivity index (χ0) is 24.0. The minimum atomic E-state index is -3.90. The zero-order valence-corrected chi connectivity index (χ0v) is 19.2. The second kappa shape index (κ2) is 8.18. The van der Waals surface area contributed by atoms with E-state index in [-0.39, 0.29) is 11.4 Å². The van der Waals surface area contributed by atoms with Crippen LogP contribution in [0.25, 0.3) is 21.9 Å². The zero-order valence-electron chi connectivity index (χ0n) is 18.4. The number of ether oxygens (including phenoxy) is 1. The molecule has 0 saturated carbocycles. The van der Waals surface area contributed by atoms with Gasteiger partial charge in [-0.15, -0.1) is 0 Å². The van der Waals surface area contributed by atoms with Gasteiger partial charge < -0.3 is 14.5 Å². The van der Waals surface area contributed by atoms with E-state index in [0.29, 0.717) is 22.7 Å². The molecule has 1 atom stereocenters. The number of benzene rings is 4. The summed E-state index contributed by atoms with van der Waals surface area (Å²) < 4.78 is 39.9. The summed E-state index contributed by atoms with van der Waals surface area (Å²) in [7, 11) is -3.90. The third kappa shape index (κ3) is 3.68. The van der Waals surface area contributed by atoms with Crippen molar-refractivity contribution in [2.24, 2.45) is 0 Å². The van der Waals surface area contributed by atoms with Crippen LogP contribution in [0.3, 0.4) is 0 Å². The first-order valence-electron chi connectivity index (χ1n) is 11.1. The normalized spacial score (nSPS) is 15.5. The van der Waals surface area contributed by atoms with Crippen LogP contribution in [0.4, 0.5) is 11.4 Å². The molecule has 1 aliphatic rings. The van der Waals surface area contributed by atoms with Gasteiger partial charge in [-0.1, -0.05) is 48.5 Å². The standard InChI is InChI=1S/C27H20N2O5S/c30-27(28-18-14-15-21-20-10-4-6-12-23(20)33-25(21)16-18)26-17-29(22-11-5-7-13-24(22)34-26)35(31,32)19-8-2-1-3-9-19/h1-16,26H,17H2,(H,28,30)/t26-/m0/s1. The van der Waals surface area contributed by atoms with Crippen molar-refractivity contribution >= 4 is 49.2 Å². The second-order valence-corrected chi connectivity index (χ2v) is 10.1. The highest BCUT2D eigenvalue weighted by Gasteiger charge is 2.37. The number of fused-ring (bicyclic) bond motifs is 4. The minimum absolute atomic E-state index is 0.145. The van der Waals surface area contributed by atoms with Gasteiger partial charge in [-0.05, 0) is 42.5 Å². The van der Waals surface area contributed by atoms with Crippen molar-refractivity contribution in [3.8, 4) is 5.75 Å². The van der Waals surface area contributed by atoms with Gasteiger partial charge in [-0.3, -0.25) is 9.10 Å². The molecule has 0 unspecified atom stereocenters. The van der Waals surface area contributed by atoms with Crippen molar-refractivity contribution in [2.45, 2.75) is 11.0 Å². The summed E-state index contributed by atoms with van der Waals surface area (Å²) in [6.07, 6.45) is -1.05.